The van der Waals surface area contributed by atoms with Crippen LogP contribution in [0.15, 0.2) is 46.3 Å². The van der Waals surface area contributed by atoms with Crippen LogP contribution in [0.2, 0.25) is 0 Å². The molecule has 156 valence electrons. The number of nitrogens with one attached hydrogen (secondary N) is 1. The fourth-order valence-corrected chi connectivity index (χ4v) is 3.57. The van der Waals surface area contributed by atoms with Gasteiger partial charge in [0.2, 0.25) is 0 Å². The third-order valence-corrected chi connectivity index (χ3v) is 5.28. The van der Waals surface area contributed by atoms with Crippen molar-refractivity contribution in [3.8, 4) is 11.5 Å². The van der Waals surface area contributed by atoms with Crippen LogP contribution in [-0.2, 0) is 9.59 Å². The van der Waals surface area contributed by atoms with E-state index >= 15 is 0 Å². The van der Waals surface area contributed by atoms with Crippen LogP contribution in [0, 0.1) is 13.8 Å². The maximum atomic E-state index is 12.4. The van der Waals surface area contributed by atoms with E-state index in [0.29, 0.717) is 28.2 Å². The molecule has 0 unspecified atom stereocenters. The van der Waals surface area contributed by atoms with Gasteiger partial charge in [-0.1, -0.05) is 18.2 Å². The summed E-state index contributed by atoms with van der Waals surface area (Å²) < 4.78 is 10.8. The molecular formula is C22H22N2O5S. The van der Waals surface area contributed by atoms with E-state index in [1.165, 1.54) is 11.8 Å². The molecule has 0 atom stereocenters. The van der Waals surface area contributed by atoms with Crippen molar-refractivity contribution < 1.29 is 24.2 Å². The number of hydrogen-bond donors (Lipinski definition) is 2. The van der Waals surface area contributed by atoms with E-state index in [1.807, 2.05) is 39.0 Å². The third kappa shape index (κ3) is 5.21. The smallest absolute Gasteiger partial charge is 0.341 e. The molecule has 0 bridgehead atoms. The van der Waals surface area contributed by atoms with Crippen molar-refractivity contribution in [2.45, 2.75) is 20.8 Å². The van der Waals surface area contributed by atoms with Gasteiger partial charge in [0.1, 0.15) is 0 Å². The van der Waals surface area contributed by atoms with Gasteiger partial charge in [-0.3, -0.25) is 4.79 Å². The van der Waals surface area contributed by atoms with Gasteiger partial charge < -0.3 is 19.9 Å². The van der Waals surface area contributed by atoms with Gasteiger partial charge in [-0.25, -0.2) is 9.79 Å². The Morgan fingerprint density at radius 1 is 1.20 bits per heavy atom. The second-order valence-electron chi connectivity index (χ2n) is 6.52. The maximum Gasteiger partial charge on any atom is 0.341 e. The van der Waals surface area contributed by atoms with E-state index in [2.05, 4.69) is 10.3 Å². The summed E-state index contributed by atoms with van der Waals surface area (Å²) >= 11 is 1.26. The first kappa shape index (κ1) is 21.4. The molecule has 0 aromatic heterocycles. The second-order valence-corrected chi connectivity index (χ2v) is 7.55. The van der Waals surface area contributed by atoms with E-state index in [0.717, 1.165) is 22.4 Å². The number of nitrogens with zero attached hydrogens (tertiary/aromatic N) is 1. The van der Waals surface area contributed by atoms with Crippen molar-refractivity contribution in [2.24, 2.45) is 4.99 Å². The topological polar surface area (TPSA) is 97.2 Å². The van der Waals surface area contributed by atoms with Gasteiger partial charge in [0.05, 0.1) is 17.2 Å². The van der Waals surface area contributed by atoms with Gasteiger partial charge in [0, 0.05) is 0 Å². The number of amides is 1. The Hall–Kier alpha value is -3.26. The Morgan fingerprint density at radius 3 is 2.73 bits per heavy atom. The first-order chi connectivity index (χ1) is 14.4. The van der Waals surface area contributed by atoms with Crippen LogP contribution in [0.4, 0.5) is 5.69 Å². The second kappa shape index (κ2) is 9.49. The monoisotopic (exact) mass is 426 g/mol. The molecule has 8 heteroatoms. The highest BCUT2D eigenvalue weighted by Crippen LogP contribution is 2.33. The summed E-state index contributed by atoms with van der Waals surface area (Å²) in [6.07, 6.45) is 1.73. The number of thioether (sulfide) groups is 1. The molecule has 0 saturated carbocycles. The highest BCUT2D eigenvalue weighted by molar-refractivity contribution is 8.18. The minimum absolute atomic E-state index is 0.229. The molecule has 2 aromatic rings. The SMILES string of the molecule is CCOc1cc(C=C2SC(=Nc3cccc(C)c3C)NC2=O)ccc1OCC(=O)O. The molecule has 1 amide bonds. The molecule has 1 saturated heterocycles. The van der Waals surface area contributed by atoms with Crippen LogP contribution in [0.5, 0.6) is 11.5 Å². The molecule has 1 fully saturated rings. The first-order valence-corrected chi connectivity index (χ1v) is 10.2. The lowest BCUT2D eigenvalue weighted by molar-refractivity contribution is -0.139. The molecule has 7 nitrogen and oxygen atoms in total. The minimum atomic E-state index is -1.07. The van der Waals surface area contributed by atoms with Crippen molar-refractivity contribution in [3.05, 3.63) is 58.0 Å². The summed E-state index contributed by atoms with van der Waals surface area (Å²) in [5.74, 6) is -0.547. The average Bonchev–Trinajstić information content (AvgIpc) is 3.04. The highest BCUT2D eigenvalue weighted by atomic mass is 32.2. The Labute approximate surface area is 178 Å². The average molecular weight is 426 g/mol. The minimum Gasteiger partial charge on any atom is -0.490 e. The molecule has 3 rings (SSSR count). The Kier molecular flexibility index (Phi) is 6.79. The van der Waals surface area contributed by atoms with Crippen molar-refractivity contribution >= 4 is 40.6 Å². The van der Waals surface area contributed by atoms with E-state index in [9.17, 15) is 9.59 Å². The number of rotatable bonds is 7. The lowest BCUT2D eigenvalue weighted by atomic mass is 10.1. The van der Waals surface area contributed by atoms with Crippen LogP contribution >= 0.6 is 11.8 Å². The fraction of sp³-hybridized carbons (Fsp3) is 0.227. The Balaban J connectivity index is 1.83. The zero-order valence-corrected chi connectivity index (χ0v) is 17.7. The van der Waals surface area contributed by atoms with E-state index in [-0.39, 0.29) is 5.91 Å². The van der Waals surface area contributed by atoms with Crippen molar-refractivity contribution in [1.82, 2.24) is 5.32 Å². The number of carboxylic acids is 1. The first-order valence-electron chi connectivity index (χ1n) is 9.34. The van der Waals surface area contributed by atoms with Crippen molar-refractivity contribution in [1.29, 1.82) is 0 Å². The summed E-state index contributed by atoms with van der Waals surface area (Å²) in [4.78, 5) is 28.2. The Morgan fingerprint density at radius 2 is 2.00 bits per heavy atom. The number of aryl methyl sites for hydroxylation is 1. The number of hydrogen-bond acceptors (Lipinski definition) is 6. The van der Waals surface area contributed by atoms with Crippen molar-refractivity contribution in [3.63, 3.8) is 0 Å². The summed E-state index contributed by atoms with van der Waals surface area (Å²) in [5, 5.41) is 12.1. The van der Waals surface area contributed by atoms with Gasteiger partial charge in [-0.05, 0) is 73.5 Å². The number of carbonyl (C=O) groups excluding carboxylic acids is 1. The normalized spacial score (nSPS) is 16.0. The predicted octanol–water partition coefficient (Wildman–Crippen LogP) is 4.06. The fourth-order valence-electron chi connectivity index (χ4n) is 2.74. The van der Waals surface area contributed by atoms with Crippen LogP contribution in [0.25, 0.3) is 6.08 Å². The van der Waals surface area contributed by atoms with Gasteiger partial charge in [0.15, 0.2) is 23.3 Å². The zero-order chi connectivity index (χ0) is 21.7. The maximum absolute atomic E-state index is 12.4. The number of aliphatic carboxylic acids is 1. The molecule has 1 heterocycles. The summed E-state index contributed by atoms with van der Waals surface area (Å²) in [7, 11) is 0. The van der Waals surface area contributed by atoms with Gasteiger partial charge >= 0.3 is 5.97 Å². The number of carbonyl (C=O) groups is 2. The number of aliphatic imine (C=N–C) groups is 1. The largest absolute Gasteiger partial charge is 0.490 e. The lowest BCUT2D eigenvalue weighted by Crippen LogP contribution is -2.19. The van der Waals surface area contributed by atoms with Crippen LogP contribution in [0.3, 0.4) is 0 Å². The van der Waals surface area contributed by atoms with Crippen LogP contribution in [-0.4, -0.2) is 35.4 Å². The highest BCUT2D eigenvalue weighted by Gasteiger charge is 2.24. The number of amidine groups is 1. The van der Waals surface area contributed by atoms with E-state index in [4.69, 9.17) is 14.6 Å². The molecule has 1 aliphatic heterocycles. The zero-order valence-electron chi connectivity index (χ0n) is 16.9. The molecule has 0 aliphatic carbocycles. The lowest BCUT2D eigenvalue weighted by Gasteiger charge is -2.11. The molecule has 0 radical (unpaired) electrons. The summed E-state index contributed by atoms with van der Waals surface area (Å²) in [5.41, 5.74) is 3.75. The summed E-state index contributed by atoms with van der Waals surface area (Å²) in [6, 6.07) is 10.9. The van der Waals surface area contributed by atoms with Crippen LogP contribution in [0.1, 0.15) is 23.6 Å². The predicted molar refractivity (Wildman–Crippen MR) is 117 cm³/mol. The molecule has 0 spiro atoms. The van der Waals surface area contributed by atoms with Gasteiger partial charge in [0.25, 0.3) is 5.91 Å². The molecule has 2 N–H and O–H groups in total. The number of carboxylic acid groups (broad SMARTS) is 1. The quantitative estimate of drug-likeness (QED) is 0.648. The van der Waals surface area contributed by atoms with Crippen molar-refractivity contribution in [2.75, 3.05) is 13.2 Å². The molecule has 2 aromatic carbocycles. The van der Waals surface area contributed by atoms with Gasteiger partial charge in [-0.2, -0.15) is 0 Å². The number of benzene rings is 2. The van der Waals surface area contributed by atoms with E-state index in [1.54, 1.807) is 24.3 Å². The summed E-state index contributed by atoms with van der Waals surface area (Å²) in [6.45, 7) is 5.77. The third-order valence-electron chi connectivity index (χ3n) is 4.37. The number of ether oxygens (including phenoxy) is 2. The molecule has 30 heavy (non-hydrogen) atoms. The van der Waals surface area contributed by atoms with Gasteiger partial charge in [-0.15, -0.1) is 0 Å². The molecule has 1 aliphatic rings. The molecular weight excluding hydrogens is 404 g/mol. The van der Waals surface area contributed by atoms with Crippen LogP contribution < -0.4 is 14.8 Å². The van der Waals surface area contributed by atoms with E-state index < -0.39 is 12.6 Å². The standard InChI is InChI=1S/C22H22N2O5S/c1-4-28-18-10-15(8-9-17(18)29-12-20(25)26)11-19-21(27)24-22(30-19)23-16-7-5-6-13(2)14(16)3/h5-11H,4,12H2,1-3H3,(H,25,26)(H,23,24,27). The Bertz CT molecular complexity index is 1050.